The molecule has 0 heterocycles. The van der Waals surface area contributed by atoms with Crippen molar-refractivity contribution in [3.63, 3.8) is 0 Å². The Morgan fingerprint density at radius 3 is 2.25 bits per heavy atom. The Morgan fingerprint density at radius 2 is 1.58 bits per heavy atom. The van der Waals surface area contributed by atoms with Crippen molar-refractivity contribution in [2.45, 2.75) is 162 Å². The third-order valence-electron chi connectivity index (χ3n) is 14.8. The predicted octanol–water partition coefficient (Wildman–Crippen LogP) is 5.44. The molecule has 9 nitrogen and oxygen atoms in total. The second-order valence-electron chi connectivity index (χ2n) is 18.1. The Hall–Kier alpha value is -1.71. The van der Waals surface area contributed by atoms with Gasteiger partial charge in [0.1, 0.15) is 6.04 Å². The fraction of sp³-hybridized carbons (Fsp3) is 0.923. The summed E-state index contributed by atoms with van der Waals surface area (Å²) in [5, 5.41) is 49.5. The number of carbonyl (C=O) groups is 3. The van der Waals surface area contributed by atoms with Crippen LogP contribution in [0.25, 0.3) is 0 Å². The smallest absolute Gasteiger partial charge is 0.303 e. The molecule has 48 heavy (non-hydrogen) atoms. The number of hydrogen-bond acceptors (Lipinski definition) is 6. The van der Waals surface area contributed by atoms with Crippen LogP contribution in [0.5, 0.6) is 0 Å². The van der Waals surface area contributed by atoms with Gasteiger partial charge in [-0.15, -0.1) is 0 Å². The van der Waals surface area contributed by atoms with Gasteiger partial charge in [-0.2, -0.15) is 0 Å². The lowest BCUT2D eigenvalue weighted by atomic mass is 9.43. The third kappa shape index (κ3) is 7.49. The van der Waals surface area contributed by atoms with E-state index >= 15 is 0 Å². The van der Waals surface area contributed by atoms with Crippen molar-refractivity contribution >= 4 is 17.8 Å². The summed E-state index contributed by atoms with van der Waals surface area (Å²) in [4.78, 5) is 38.4. The van der Waals surface area contributed by atoms with Crippen molar-refractivity contribution < 1.29 is 34.8 Å². The van der Waals surface area contributed by atoms with E-state index in [2.05, 4.69) is 31.4 Å². The summed E-state index contributed by atoms with van der Waals surface area (Å²) in [7, 11) is 0. The maximum Gasteiger partial charge on any atom is 0.303 e. The van der Waals surface area contributed by atoms with Gasteiger partial charge in [-0.05, 0) is 128 Å². The van der Waals surface area contributed by atoms with Crippen LogP contribution in [0, 0.1) is 57.7 Å². The number of amides is 2. The topological polar surface area (TPSA) is 156 Å². The molecule has 0 aliphatic heterocycles. The standard InChI is InChI=1S/C39H66N2O7/c1-23(2)17-30(36(48)40-22-39(21-34(46)47)14-7-6-8-15-39)41-33(45)12-9-24(3)27-10-11-28-35-29(20-32(44)38(27,28)5)37(4)16-13-26(42)18-25(37)19-31(35)43/h23-32,35,42-44H,6-22H2,1-5H3,(H,40,48)(H,41,45)(H,46,47)/t24-,25?,26-,27?,28?,29?,30?,31-,32+,35?,37?,38?/m1/s1. The Balaban J connectivity index is 1.19. The van der Waals surface area contributed by atoms with Crippen LogP contribution in [0.15, 0.2) is 0 Å². The number of rotatable bonds is 12. The Bertz CT molecular complexity index is 1160. The Morgan fingerprint density at radius 1 is 0.875 bits per heavy atom. The molecule has 274 valence electrons. The maximum absolute atomic E-state index is 13.4. The first-order chi connectivity index (χ1) is 22.6. The van der Waals surface area contributed by atoms with Crippen molar-refractivity contribution in [3.8, 4) is 0 Å². The molecule has 0 aromatic heterocycles. The largest absolute Gasteiger partial charge is 0.481 e. The highest BCUT2D eigenvalue weighted by atomic mass is 16.4. The zero-order valence-electron chi connectivity index (χ0n) is 30.4. The number of aliphatic hydroxyl groups excluding tert-OH is 3. The number of carbonyl (C=O) groups excluding carboxylic acids is 2. The second-order valence-corrected chi connectivity index (χ2v) is 18.1. The van der Waals surface area contributed by atoms with E-state index in [-0.39, 0.29) is 70.7 Å². The van der Waals surface area contributed by atoms with Gasteiger partial charge >= 0.3 is 5.97 Å². The monoisotopic (exact) mass is 674 g/mol. The second kappa shape index (κ2) is 14.9. The summed E-state index contributed by atoms with van der Waals surface area (Å²) >= 11 is 0. The van der Waals surface area contributed by atoms with Crippen LogP contribution in [-0.4, -0.2) is 69.1 Å². The molecule has 2 amide bonds. The molecular weight excluding hydrogens is 608 g/mol. The van der Waals surface area contributed by atoms with Crippen molar-refractivity contribution in [1.29, 1.82) is 0 Å². The van der Waals surface area contributed by atoms with E-state index in [1.165, 1.54) is 0 Å². The molecular formula is C39H66N2O7. The molecule has 0 aromatic rings. The van der Waals surface area contributed by atoms with Gasteiger partial charge in [0.05, 0.1) is 24.7 Å². The normalized spacial score (nSPS) is 40.2. The number of carboxylic acids is 1. The van der Waals surface area contributed by atoms with Gasteiger partial charge in [0.2, 0.25) is 11.8 Å². The van der Waals surface area contributed by atoms with Crippen LogP contribution in [-0.2, 0) is 14.4 Å². The SMILES string of the molecule is CC(C)CC(NC(=O)CC[C@@H](C)C1CCC2C3C(C[C@H](O)C21C)C1(C)CC[C@@H](O)CC1C[C@H]3O)C(=O)NCC1(CC(=O)O)CCCCC1. The molecule has 0 bridgehead atoms. The molecule has 0 saturated heterocycles. The van der Waals surface area contributed by atoms with E-state index in [4.69, 9.17) is 0 Å². The number of carboxylic acid groups (broad SMARTS) is 1. The first kappa shape index (κ1) is 37.5. The molecule has 6 N–H and O–H groups in total. The summed E-state index contributed by atoms with van der Waals surface area (Å²) in [6.07, 6.45) is 10.9. The van der Waals surface area contributed by atoms with Crippen LogP contribution in [0.4, 0.5) is 0 Å². The zero-order chi connectivity index (χ0) is 35.0. The predicted molar refractivity (Wildman–Crippen MR) is 185 cm³/mol. The number of hydrogen-bond donors (Lipinski definition) is 6. The molecule has 0 radical (unpaired) electrons. The van der Waals surface area contributed by atoms with Crippen molar-refractivity contribution in [2.24, 2.45) is 57.7 Å². The molecule has 8 unspecified atom stereocenters. The quantitative estimate of drug-likeness (QED) is 0.161. The molecule has 5 rings (SSSR count). The van der Waals surface area contributed by atoms with Gasteiger partial charge in [-0.1, -0.05) is 53.9 Å². The van der Waals surface area contributed by atoms with Crippen molar-refractivity contribution in [1.82, 2.24) is 10.6 Å². The van der Waals surface area contributed by atoms with Gasteiger partial charge < -0.3 is 31.1 Å². The lowest BCUT2D eigenvalue weighted by molar-refractivity contribution is -0.207. The summed E-state index contributed by atoms with van der Waals surface area (Å²) in [6, 6.07) is -0.664. The minimum atomic E-state index is -0.835. The average molecular weight is 675 g/mol. The lowest BCUT2D eigenvalue weighted by Crippen LogP contribution is -2.62. The highest BCUT2D eigenvalue weighted by molar-refractivity contribution is 5.87. The average Bonchev–Trinajstić information content (AvgIpc) is 3.38. The first-order valence-corrected chi connectivity index (χ1v) is 19.4. The molecule has 5 saturated carbocycles. The van der Waals surface area contributed by atoms with Gasteiger partial charge in [0.25, 0.3) is 0 Å². The van der Waals surface area contributed by atoms with Gasteiger partial charge in [0.15, 0.2) is 0 Å². The van der Waals surface area contributed by atoms with Crippen molar-refractivity contribution in [2.75, 3.05) is 6.54 Å². The Kier molecular flexibility index (Phi) is 11.6. The van der Waals surface area contributed by atoms with Crippen LogP contribution >= 0.6 is 0 Å². The zero-order valence-corrected chi connectivity index (χ0v) is 30.4. The van der Waals surface area contributed by atoms with E-state index in [0.717, 1.165) is 70.6 Å². The molecule has 0 aromatic carbocycles. The molecule has 5 aliphatic carbocycles. The number of aliphatic carboxylic acids is 1. The van der Waals surface area contributed by atoms with E-state index < -0.39 is 29.6 Å². The maximum atomic E-state index is 13.4. The van der Waals surface area contributed by atoms with Gasteiger partial charge in [-0.25, -0.2) is 0 Å². The lowest BCUT2D eigenvalue weighted by Gasteiger charge is -2.63. The van der Waals surface area contributed by atoms with E-state index in [1.807, 2.05) is 13.8 Å². The van der Waals surface area contributed by atoms with Crippen LogP contribution < -0.4 is 10.6 Å². The first-order valence-electron chi connectivity index (χ1n) is 19.4. The molecule has 0 spiro atoms. The number of fused-ring (bicyclic) bond motifs is 5. The summed E-state index contributed by atoms with van der Waals surface area (Å²) in [5.41, 5.74) is -0.702. The van der Waals surface area contributed by atoms with Gasteiger partial charge in [-0.3, -0.25) is 14.4 Å². The molecule has 9 heteroatoms. The van der Waals surface area contributed by atoms with Crippen molar-refractivity contribution in [3.05, 3.63) is 0 Å². The molecule has 5 aliphatic rings. The summed E-state index contributed by atoms with van der Waals surface area (Å²) < 4.78 is 0. The van der Waals surface area contributed by atoms with Gasteiger partial charge in [0, 0.05) is 13.0 Å². The van der Waals surface area contributed by atoms with Crippen LogP contribution in [0.3, 0.4) is 0 Å². The molecule has 12 atom stereocenters. The summed E-state index contributed by atoms with van der Waals surface area (Å²) in [5.74, 6) is 0.369. The minimum Gasteiger partial charge on any atom is -0.481 e. The highest BCUT2D eigenvalue weighted by Crippen LogP contribution is 2.68. The molecule has 5 fully saturated rings. The van der Waals surface area contributed by atoms with E-state index in [9.17, 15) is 34.8 Å². The minimum absolute atomic E-state index is 0.0410. The number of nitrogens with one attached hydrogen (secondary N) is 2. The van der Waals surface area contributed by atoms with E-state index in [0.29, 0.717) is 38.1 Å². The number of aliphatic hydroxyl groups is 3. The van der Waals surface area contributed by atoms with Crippen LogP contribution in [0.1, 0.15) is 137 Å². The fourth-order valence-corrected chi connectivity index (χ4v) is 12.1. The van der Waals surface area contributed by atoms with E-state index in [1.54, 1.807) is 0 Å². The summed E-state index contributed by atoms with van der Waals surface area (Å²) in [6.45, 7) is 11.2. The fourth-order valence-electron chi connectivity index (χ4n) is 12.1. The Labute approximate surface area is 288 Å². The highest BCUT2D eigenvalue weighted by Gasteiger charge is 2.65. The third-order valence-corrected chi connectivity index (χ3v) is 14.8. The van der Waals surface area contributed by atoms with Crippen LogP contribution in [0.2, 0.25) is 0 Å².